The summed E-state index contributed by atoms with van der Waals surface area (Å²) in [7, 11) is 0. The van der Waals surface area contributed by atoms with E-state index in [0.29, 0.717) is 34.8 Å². The molecule has 0 unspecified atom stereocenters. The highest BCUT2D eigenvalue weighted by molar-refractivity contribution is 6.35. The van der Waals surface area contributed by atoms with Crippen LogP contribution >= 0.6 is 11.6 Å². The van der Waals surface area contributed by atoms with Crippen molar-refractivity contribution in [2.24, 2.45) is 0 Å². The van der Waals surface area contributed by atoms with Gasteiger partial charge >= 0.3 is 0 Å². The number of hydrogen-bond donors (Lipinski definition) is 1. The zero-order valence-electron chi connectivity index (χ0n) is 11.8. The van der Waals surface area contributed by atoms with Crippen LogP contribution in [0.5, 0.6) is 5.75 Å². The Kier molecular flexibility index (Phi) is 3.37. The summed E-state index contributed by atoms with van der Waals surface area (Å²) < 4.78 is 7.61. The molecule has 110 valence electrons. The summed E-state index contributed by atoms with van der Waals surface area (Å²) >= 11 is 6.18. The zero-order valence-corrected chi connectivity index (χ0v) is 12.5. The molecule has 0 aliphatic carbocycles. The van der Waals surface area contributed by atoms with Crippen molar-refractivity contribution in [2.75, 3.05) is 6.54 Å². The van der Waals surface area contributed by atoms with Crippen molar-refractivity contribution >= 4 is 28.4 Å². The number of nitrogens with zero attached hydrogens (tertiary/aromatic N) is 1. The SMILES string of the molecule is CCNC(=O)c1cn2c3c(ccc(Cl)c3c1=O)O[C@@H](C)C2. The summed E-state index contributed by atoms with van der Waals surface area (Å²) in [6.07, 6.45) is 1.56. The van der Waals surface area contributed by atoms with E-state index in [1.54, 1.807) is 18.3 Å². The molecule has 2 aromatic rings. The first-order chi connectivity index (χ1) is 10.0. The molecule has 0 spiro atoms. The van der Waals surface area contributed by atoms with Crippen LogP contribution in [0, 0.1) is 0 Å². The average Bonchev–Trinajstić information content (AvgIpc) is 2.44. The Hall–Kier alpha value is -2.01. The molecule has 1 aliphatic heterocycles. The first-order valence-corrected chi connectivity index (χ1v) is 7.21. The Morgan fingerprint density at radius 3 is 3.00 bits per heavy atom. The van der Waals surface area contributed by atoms with Crippen molar-refractivity contribution in [3.63, 3.8) is 0 Å². The molecule has 0 saturated carbocycles. The second-order valence-electron chi connectivity index (χ2n) is 5.08. The van der Waals surface area contributed by atoms with E-state index in [-0.39, 0.29) is 23.0 Å². The molecule has 0 radical (unpaired) electrons. The van der Waals surface area contributed by atoms with Gasteiger partial charge < -0.3 is 14.6 Å². The predicted molar refractivity (Wildman–Crippen MR) is 81.3 cm³/mol. The molecule has 1 atom stereocenters. The first-order valence-electron chi connectivity index (χ1n) is 6.83. The molecular formula is C15H15ClN2O3. The third kappa shape index (κ3) is 2.17. The zero-order chi connectivity index (χ0) is 15.1. The van der Waals surface area contributed by atoms with E-state index in [2.05, 4.69) is 5.32 Å². The smallest absolute Gasteiger partial charge is 0.256 e. The van der Waals surface area contributed by atoms with Gasteiger partial charge in [-0.05, 0) is 26.0 Å². The minimum atomic E-state index is -0.381. The Morgan fingerprint density at radius 1 is 1.52 bits per heavy atom. The third-order valence-corrected chi connectivity index (χ3v) is 3.81. The summed E-state index contributed by atoms with van der Waals surface area (Å²) in [5, 5.41) is 3.32. The van der Waals surface area contributed by atoms with Gasteiger partial charge in [0.2, 0.25) is 5.43 Å². The molecule has 21 heavy (non-hydrogen) atoms. The molecule has 1 aromatic carbocycles. The van der Waals surface area contributed by atoms with Gasteiger partial charge in [-0.15, -0.1) is 0 Å². The lowest BCUT2D eigenvalue weighted by molar-refractivity contribution is 0.0953. The highest BCUT2D eigenvalue weighted by atomic mass is 35.5. The standard InChI is InChI=1S/C15H15ClN2O3/c1-3-17-15(20)9-7-18-6-8(2)21-11-5-4-10(16)12(13(11)18)14(9)19/h4-5,7-8H,3,6H2,1-2H3,(H,17,20)/t8-/m0/s1. The Morgan fingerprint density at radius 2 is 2.29 bits per heavy atom. The summed E-state index contributed by atoms with van der Waals surface area (Å²) in [5.41, 5.74) is 0.397. The minimum Gasteiger partial charge on any atom is -0.487 e. The fourth-order valence-electron chi connectivity index (χ4n) is 2.65. The molecular weight excluding hydrogens is 292 g/mol. The molecule has 1 amide bonds. The molecule has 6 heteroatoms. The average molecular weight is 307 g/mol. The maximum Gasteiger partial charge on any atom is 0.256 e. The van der Waals surface area contributed by atoms with E-state index in [9.17, 15) is 9.59 Å². The number of halogens is 1. The van der Waals surface area contributed by atoms with Crippen LogP contribution < -0.4 is 15.5 Å². The summed E-state index contributed by atoms with van der Waals surface area (Å²) in [6, 6.07) is 3.38. The Labute approximate surface area is 126 Å². The number of carbonyl (C=O) groups is 1. The van der Waals surface area contributed by atoms with Crippen LogP contribution in [0.4, 0.5) is 0 Å². The van der Waals surface area contributed by atoms with Gasteiger partial charge in [-0.2, -0.15) is 0 Å². The van der Waals surface area contributed by atoms with Gasteiger partial charge in [-0.25, -0.2) is 0 Å². The van der Waals surface area contributed by atoms with Crippen molar-refractivity contribution in [1.29, 1.82) is 0 Å². The largest absolute Gasteiger partial charge is 0.487 e. The van der Waals surface area contributed by atoms with Crippen molar-refractivity contribution in [1.82, 2.24) is 9.88 Å². The highest BCUT2D eigenvalue weighted by Crippen LogP contribution is 2.33. The van der Waals surface area contributed by atoms with Gasteiger partial charge in [-0.1, -0.05) is 11.6 Å². The fraction of sp³-hybridized carbons (Fsp3) is 0.333. The maximum atomic E-state index is 12.6. The number of rotatable bonds is 2. The molecule has 0 bridgehead atoms. The van der Waals surface area contributed by atoms with Gasteiger partial charge in [0, 0.05) is 12.7 Å². The van der Waals surface area contributed by atoms with Gasteiger partial charge in [0.05, 0.1) is 22.5 Å². The molecule has 0 fully saturated rings. The topological polar surface area (TPSA) is 60.3 Å². The maximum absolute atomic E-state index is 12.6. The van der Waals surface area contributed by atoms with Gasteiger partial charge in [-0.3, -0.25) is 9.59 Å². The third-order valence-electron chi connectivity index (χ3n) is 3.50. The molecule has 1 N–H and O–H groups in total. The Balaban J connectivity index is 2.36. The van der Waals surface area contributed by atoms with Gasteiger partial charge in [0.15, 0.2) is 0 Å². The van der Waals surface area contributed by atoms with E-state index >= 15 is 0 Å². The van der Waals surface area contributed by atoms with Gasteiger partial charge in [0.25, 0.3) is 5.91 Å². The fourth-order valence-corrected chi connectivity index (χ4v) is 2.89. The van der Waals surface area contributed by atoms with Crippen molar-refractivity contribution in [3.05, 3.63) is 39.1 Å². The number of amides is 1. The lowest BCUT2D eigenvalue weighted by Crippen LogP contribution is -2.32. The van der Waals surface area contributed by atoms with Gasteiger partial charge in [0.1, 0.15) is 17.4 Å². The van der Waals surface area contributed by atoms with Crippen LogP contribution in [-0.2, 0) is 6.54 Å². The highest BCUT2D eigenvalue weighted by Gasteiger charge is 2.24. The van der Waals surface area contributed by atoms with Crippen molar-refractivity contribution < 1.29 is 9.53 Å². The molecule has 1 aliphatic rings. The second kappa shape index (κ2) is 5.07. The van der Waals surface area contributed by atoms with Crippen LogP contribution in [0.1, 0.15) is 24.2 Å². The number of nitrogens with one attached hydrogen (secondary N) is 1. The number of pyridine rings is 1. The lowest BCUT2D eigenvalue weighted by Gasteiger charge is -2.26. The van der Waals surface area contributed by atoms with E-state index in [0.717, 1.165) is 0 Å². The number of aromatic nitrogens is 1. The van der Waals surface area contributed by atoms with E-state index in [1.165, 1.54) is 0 Å². The Bertz CT molecular complexity index is 798. The molecule has 3 rings (SSSR count). The number of carbonyl (C=O) groups excluding carboxylic acids is 1. The van der Waals surface area contributed by atoms with Crippen LogP contribution in [0.15, 0.2) is 23.1 Å². The van der Waals surface area contributed by atoms with Crippen LogP contribution in [0.3, 0.4) is 0 Å². The predicted octanol–water partition coefficient (Wildman–Crippen LogP) is 2.19. The number of hydrogen-bond acceptors (Lipinski definition) is 3. The van der Waals surface area contributed by atoms with Crippen LogP contribution in [-0.4, -0.2) is 23.1 Å². The summed E-state index contributed by atoms with van der Waals surface area (Å²) in [6.45, 7) is 4.77. The van der Waals surface area contributed by atoms with Crippen molar-refractivity contribution in [3.8, 4) is 5.75 Å². The monoisotopic (exact) mass is 306 g/mol. The molecule has 5 nitrogen and oxygen atoms in total. The normalized spacial score (nSPS) is 16.6. The van der Waals surface area contributed by atoms with Crippen molar-refractivity contribution in [2.45, 2.75) is 26.5 Å². The minimum absolute atomic E-state index is 0.0357. The van der Waals surface area contributed by atoms with Crippen LogP contribution in [0.2, 0.25) is 5.02 Å². The van der Waals surface area contributed by atoms with Crippen LogP contribution in [0.25, 0.3) is 10.9 Å². The van der Waals surface area contributed by atoms with E-state index < -0.39 is 0 Å². The lowest BCUT2D eigenvalue weighted by atomic mass is 10.1. The second-order valence-corrected chi connectivity index (χ2v) is 5.49. The van der Waals surface area contributed by atoms with E-state index in [4.69, 9.17) is 16.3 Å². The first kappa shape index (κ1) is 13.9. The number of ether oxygens (including phenoxy) is 1. The van der Waals surface area contributed by atoms with E-state index in [1.807, 2.05) is 18.4 Å². The molecule has 1 aromatic heterocycles. The molecule has 2 heterocycles. The summed E-state index contributed by atoms with van der Waals surface area (Å²) in [4.78, 5) is 24.7. The summed E-state index contributed by atoms with van der Waals surface area (Å²) in [5.74, 6) is 0.237. The molecule has 0 saturated heterocycles. The quantitative estimate of drug-likeness (QED) is 0.925. The number of benzene rings is 1.